The zero-order chi connectivity index (χ0) is 24.2. The van der Waals surface area contributed by atoms with Crippen LogP contribution in [0.15, 0.2) is 51.4 Å². The van der Waals surface area contributed by atoms with E-state index in [0.29, 0.717) is 22.0 Å². The number of benzene rings is 2. The smallest absolute Gasteiger partial charge is 0.277 e. The van der Waals surface area contributed by atoms with Crippen LogP contribution in [0.3, 0.4) is 0 Å². The summed E-state index contributed by atoms with van der Waals surface area (Å²) in [7, 11) is 0. The molecule has 4 aromatic rings. The van der Waals surface area contributed by atoms with Gasteiger partial charge in [-0.1, -0.05) is 36.0 Å². The first-order valence-electron chi connectivity index (χ1n) is 10.8. The molecule has 2 heterocycles. The third kappa shape index (κ3) is 5.48. The van der Waals surface area contributed by atoms with E-state index in [4.69, 9.17) is 9.15 Å². The molecule has 34 heavy (non-hydrogen) atoms. The molecule has 1 amide bonds. The van der Waals surface area contributed by atoms with Crippen molar-refractivity contribution in [3.05, 3.63) is 75.6 Å². The van der Waals surface area contributed by atoms with Crippen molar-refractivity contribution in [1.29, 1.82) is 0 Å². The maximum absolute atomic E-state index is 12.4. The van der Waals surface area contributed by atoms with Gasteiger partial charge in [0.2, 0.25) is 5.91 Å². The fourth-order valence-electron chi connectivity index (χ4n) is 3.34. The van der Waals surface area contributed by atoms with E-state index in [2.05, 4.69) is 15.2 Å². The number of carbonyl (C=O) groups excluding carboxylic acids is 1. The molecule has 0 radical (unpaired) electrons. The third-order valence-electron chi connectivity index (χ3n) is 5.35. The Bertz CT molecular complexity index is 1320. The molecule has 9 heteroatoms. The van der Waals surface area contributed by atoms with Gasteiger partial charge in [0.25, 0.3) is 11.1 Å². The van der Waals surface area contributed by atoms with Crippen LogP contribution in [0.5, 0.6) is 5.75 Å². The highest BCUT2D eigenvalue weighted by molar-refractivity contribution is 7.98. The quantitative estimate of drug-likeness (QED) is 0.265. The maximum atomic E-state index is 12.4. The first kappa shape index (κ1) is 24.0. The van der Waals surface area contributed by atoms with Crippen molar-refractivity contribution in [2.75, 3.05) is 4.90 Å². The fourth-order valence-corrected chi connectivity index (χ4v) is 5.00. The summed E-state index contributed by atoms with van der Waals surface area (Å²) in [5.41, 5.74) is 6.07. The summed E-state index contributed by atoms with van der Waals surface area (Å²) < 4.78 is 11.6. The first-order chi connectivity index (χ1) is 16.3. The van der Waals surface area contributed by atoms with Gasteiger partial charge >= 0.3 is 0 Å². The molecule has 0 aliphatic rings. The summed E-state index contributed by atoms with van der Waals surface area (Å²) in [6.07, 6.45) is 0. The van der Waals surface area contributed by atoms with Crippen LogP contribution in [-0.4, -0.2) is 21.1 Å². The van der Waals surface area contributed by atoms with Crippen molar-refractivity contribution in [3.8, 4) is 5.75 Å². The van der Waals surface area contributed by atoms with Gasteiger partial charge in [0.1, 0.15) is 5.75 Å². The lowest BCUT2D eigenvalue weighted by molar-refractivity contribution is -0.115. The molecule has 0 spiro atoms. The predicted octanol–water partition coefficient (Wildman–Crippen LogP) is 6.32. The highest BCUT2D eigenvalue weighted by atomic mass is 32.2. The van der Waals surface area contributed by atoms with E-state index in [-0.39, 0.29) is 12.5 Å². The van der Waals surface area contributed by atoms with Gasteiger partial charge in [0.05, 0.1) is 11.4 Å². The number of aryl methyl sites for hydroxylation is 3. The molecule has 0 bridgehead atoms. The minimum Gasteiger partial charge on any atom is -0.484 e. The summed E-state index contributed by atoms with van der Waals surface area (Å²) in [5, 5.41) is 11.2. The second kappa shape index (κ2) is 10.4. The van der Waals surface area contributed by atoms with E-state index in [1.165, 1.54) is 23.1 Å². The Labute approximate surface area is 207 Å². The zero-order valence-electron chi connectivity index (χ0n) is 19.8. The molecule has 0 saturated carbocycles. The van der Waals surface area contributed by atoms with Crippen LogP contribution in [0.2, 0.25) is 0 Å². The molecule has 0 unspecified atom stereocenters. The highest BCUT2D eigenvalue weighted by Crippen LogP contribution is 2.33. The third-order valence-corrected chi connectivity index (χ3v) is 7.08. The maximum Gasteiger partial charge on any atom is 0.277 e. The van der Waals surface area contributed by atoms with Gasteiger partial charge in [0, 0.05) is 18.1 Å². The molecule has 0 aliphatic carbocycles. The highest BCUT2D eigenvalue weighted by Gasteiger charge is 2.20. The summed E-state index contributed by atoms with van der Waals surface area (Å²) >= 11 is 2.84. The van der Waals surface area contributed by atoms with Gasteiger partial charge in [-0.3, -0.25) is 9.69 Å². The number of hydrogen-bond acceptors (Lipinski definition) is 8. The molecular formula is C25H26N4O3S2. The van der Waals surface area contributed by atoms with Crippen LogP contribution in [0, 0.1) is 27.7 Å². The van der Waals surface area contributed by atoms with Crippen LogP contribution in [0.1, 0.15) is 40.8 Å². The molecule has 7 nitrogen and oxygen atoms in total. The molecule has 176 valence electrons. The Morgan fingerprint density at radius 2 is 1.94 bits per heavy atom. The van der Waals surface area contributed by atoms with E-state index in [1.807, 2.05) is 69.5 Å². The van der Waals surface area contributed by atoms with E-state index < -0.39 is 0 Å². The van der Waals surface area contributed by atoms with Gasteiger partial charge in [-0.2, -0.15) is 0 Å². The predicted molar refractivity (Wildman–Crippen MR) is 135 cm³/mol. The molecule has 0 N–H and O–H groups in total. The normalized spacial score (nSPS) is 11.0. The van der Waals surface area contributed by atoms with E-state index in [0.717, 1.165) is 39.4 Å². The van der Waals surface area contributed by atoms with Gasteiger partial charge in [0.15, 0.2) is 11.7 Å². The number of rotatable bonds is 8. The van der Waals surface area contributed by atoms with Crippen molar-refractivity contribution in [2.45, 2.75) is 52.2 Å². The molecule has 0 aliphatic heterocycles. The van der Waals surface area contributed by atoms with Gasteiger partial charge < -0.3 is 9.15 Å². The number of nitrogens with zero attached hydrogens (tertiary/aromatic N) is 4. The largest absolute Gasteiger partial charge is 0.484 e. The second-order valence-corrected chi connectivity index (χ2v) is 9.77. The number of anilines is 2. The molecule has 0 saturated heterocycles. The topological polar surface area (TPSA) is 81.4 Å². The van der Waals surface area contributed by atoms with Crippen molar-refractivity contribution in [2.24, 2.45) is 0 Å². The molecule has 4 rings (SSSR count). The lowest BCUT2D eigenvalue weighted by atomic mass is 10.1. The minimum atomic E-state index is -0.0763. The molecular weight excluding hydrogens is 468 g/mol. The molecule has 0 fully saturated rings. The Balaban J connectivity index is 1.39. The van der Waals surface area contributed by atoms with Gasteiger partial charge in [-0.25, -0.2) is 4.98 Å². The first-order valence-corrected chi connectivity index (χ1v) is 12.6. The fraction of sp³-hybridized carbons (Fsp3) is 0.280. The molecule has 0 atom stereocenters. The average molecular weight is 495 g/mol. The van der Waals surface area contributed by atoms with Crippen molar-refractivity contribution in [1.82, 2.24) is 15.2 Å². The Hall–Kier alpha value is -3.17. The lowest BCUT2D eigenvalue weighted by Gasteiger charge is -2.21. The Morgan fingerprint density at radius 1 is 1.12 bits per heavy atom. The summed E-state index contributed by atoms with van der Waals surface area (Å²) in [5.74, 6) is 1.70. The number of thioether (sulfide) groups is 1. The second-order valence-electron chi connectivity index (χ2n) is 8.00. The number of aromatic nitrogens is 3. The minimum absolute atomic E-state index is 0.0763. The number of carbonyl (C=O) groups is 1. The summed E-state index contributed by atoms with van der Waals surface area (Å²) in [6, 6.07) is 12.0. The lowest BCUT2D eigenvalue weighted by Crippen LogP contribution is -2.23. The van der Waals surface area contributed by atoms with Gasteiger partial charge in [-0.15, -0.1) is 21.5 Å². The monoisotopic (exact) mass is 494 g/mol. The van der Waals surface area contributed by atoms with E-state index in [1.54, 1.807) is 11.8 Å². The molecule has 2 aromatic carbocycles. The van der Waals surface area contributed by atoms with Gasteiger partial charge in [-0.05, 0) is 62.1 Å². The number of amides is 1. The van der Waals surface area contributed by atoms with Crippen LogP contribution < -0.4 is 9.64 Å². The molecule has 2 aromatic heterocycles. The average Bonchev–Trinajstić information content (AvgIpc) is 3.45. The standard InChI is InChI=1S/C25H26N4O3S2/c1-15-9-10-17(3)22(11-15)31-12-23-27-28-25(32-23)34-14-20-13-33-24(26-20)29(19(5)30)21-8-6-7-16(2)18(21)4/h6-11,13H,12,14H2,1-5H3. The van der Waals surface area contributed by atoms with E-state index in [9.17, 15) is 4.79 Å². The van der Waals surface area contributed by atoms with Crippen LogP contribution in [0.25, 0.3) is 0 Å². The van der Waals surface area contributed by atoms with Crippen LogP contribution in [0.4, 0.5) is 10.8 Å². The van der Waals surface area contributed by atoms with Crippen molar-refractivity contribution < 1.29 is 13.9 Å². The number of hydrogen-bond donors (Lipinski definition) is 0. The van der Waals surface area contributed by atoms with Crippen LogP contribution in [-0.2, 0) is 17.2 Å². The van der Waals surface area contributed by atoms with Crippen LogP contribution >= 0.6 is 23.1 Å². The Morgan fingerprint density at radius 3 is 2.74 bits per heavy atom. The SMILES string of the molecule is CC(=O)N(c1nc(CSc2nnc(COc3cc(C)ccc3C)o2)cs1)c1cccc(C)c1C. The van der Waals surface area contributed by atoms with Crippen molar-refractivity contribution >= 4 is 39.8 Å². The zero-order valence-corrected chi connectivity index (χ0v) is 21.4. The van der Waals surface area contributed by atoms with E-state index >= 15 is 0 Å². The summed E-state index contributed by atoms with van der Waals surface area (Å²) in [4.78, 5) is 18.8. The van der Waals surface area contributed by atoms with Crippen molar-refractivity contribution in [3.63, 3.8) is 0 Å². The Kier molecular flexibility index (Phi) is 7.33. The number of thiazole rings is 1. The summed E-state index contributed by atoms with van der Waals surface area (Å²) in [6.45, 7) is 9.84. The number of ether oxygens (including phenoxy) is 1.